The van der Waals surface area contributed by atoms with E-state index in [0.29, 0.717) is 17.7 Å². The largest absolute Gasteiger partial charge is 0.339 e. The highest BCUT2D eigenvalue weighted by Crippen LogP contribution is 2.33. The minimum Gasteiger partial charge on any atom is -0.339 e. The molecule has 0 aromatic carbocycles. The van der Waals surface area contributed by atoms with Gasteiger partial charge in [-0.2, -0.15) is 4.98 Å². The van der Waals surface area contributed by atoms with Crippen molar-refractivity contribution in [2.24, 2.45) is 5.92 Å². The van der Waals surface area contributed by atoms with E-state index in [4.69, 9.17) is 4.52 Å². The first-order valence-corrected chi connectivity index (χ1v) is 10.1. The number of sulfone groups is 1. The van der Waals surface area contributed by atoms with E-state index in [1.54, 1.807) is 0 Å². The van der Waals surface area contributed by atoms with Crippen LogP contribution in [0.3, 0.4) is 0 Å². The molecule has 1 saturated carbocycles. The van der Waals surface area contributed by atoms with Gasteiger partial charge in [-0.05, 0) is 31.6 Å². The Morgan fingerprint density at radius 3 is 2.50 bits per heavy atom. The van der Waals surface area contributed by atoms with Crippen LogP contribution in [-0.4, -0.2) is 42.1 Å². The summed E-state index contributed by atoms with van der Waals surface area (Å²) in [5, 5.41) is 7.54. The summed E-state index contributed by atoms with van der Waals surface area (Å²) in [4.78, 5) is 4.43. The van der Waals surface area contributed by atoms with E-state index in [-0.39, 0.29) is 17.7 Å². The predicted molar refractivity (Wildman–Crippen MR) is 83.4 cm³/mol. The molecule has 7 heteroatoms. The number of hydrogen-bond acceptors (Lipinski definition) is 6. The molecule has 1 aromatic heterocycles. The molecule has 1 aliphatic carbocycles. The molecule has 124 valence electrons. The summed E-state index contributed by atoms with van der Waals surface area (Å²) in [5.41, 5.74) is 0. The molecule has 1 aromatic rings. The Kier molecular flexibility index (Phi) is 4.54. The van der Waals surface area contributed by atoms with Gasteiger partial charge in [-0.25, -0.2) is 8.42 Å². The third-order valence-electron chi connectivity index (χ3n) is 4.96. The lowest BCUT2D eigenvalue weighted by Gasteiger charge is -2.30. The summed E-state index contributed by atoms with van der Waals surface area (Å²) in [6, 6.07) is 0.521. The van der Waals surface area contributed by atoms with Crippen LogP contribution < -0.4 is 5.32 Å². The van der Waals surface area contributed by atoms with E-state index >= 15 is 0 Å². The van der Waals surface area contributed by atoms with Gasteiger partial charge in [-0.3, -0.25) is 0 Å². The second kappa shape index (κ2) is 6.28. The van der Waals surface area contributed by atoms with Gasteiger partial charge in [0, 0.05) is 24.4 Å². The fourth-order valence-corrected chi connectivity index (χ4v) is 5.76. The molecule has 0 unspecified atom stereocenters. The van der Waals surface area contributed by atoms with Crippen molar-refractivity contribution in [2.45, 2.75) is 64.0 Å². The van der Waals surface area contributed by atoms with Gasteiger partial charge in [0.2, 0.25) is 5.89 Å². The van der Waals surface area contributed by atoms with Crippen molar-refractivity contribution in [3.63, 3.8) is 0 Å². The van der Waals surface area contributed by atoms with E-state index < -0.39 is 9.84 Å². The van der Waals surface area contributed by atoms with Gasteiger partial charge in [0.05, 0.1) is 11.5 Å². The molecular weight excluding hydrogens is 302 g/mol. The number of hydrogen-bond donors (Lipinski definition) is 1. The van der Waals surface area contributed by atoms with Crippen LogP contribution in [0.5, 0.6) is 0 Å². The van der Waals surface area contributed by atoms with Gasteiger partial charge in [-0.15, -0.1) is 0 Å². The van der Waals surface area contributed by atoms with Gasteiger partial charge in [-0.1, -0.05) is 19.0 Å². The quantitative estimate of drug-likeness (QED) is 0.905. The second-order valence-electron chi connectivity index (χ2n) is 6.78. The molecule has 2 aliphatic rings. The molecule has 1 N–H and O–H groups in total. The zero-order valence-electron chi connectivity index (χ0n) is 13.3. The Balaban J connectivity index is 1.52. The number of nitrogens with zero attached hydrogens (tertiary/aromatic N) is 2. The minimum absolute atomic E-state index is 0.113. The summed E-state index contributed by atoms with van der Waals surface area (Å²) in [7, 11) is -2.85. The number of aryl methyl sites for hydroxylation is 1. The molecule has 0 spiro atoms. The highest BCUT2D eigenvalue weighted by atomic mass is 32.2. The minimum atomic E-state index is -2.85. The van der Waals surface area contributed by atoms with Crippen LogP contribution in [-0.2, 0) is 16.3 Å². The molecule has 1 aliphatic heterocycles. The molecule has 6 nitrogen and oxygen atoms in total. The van der Waals surface area contributed by atoms with Crippen LogP contribution in [0.15, 0.2) is 4.52 Å². The van der Waals surface area contributed by atoms with E-state index in [2.05, 4.69) is 15.5 Å². The Morgan fingerprint density at radius 2 is 1.95 bits per heavy atom. The maximum atomic E-state index is 11.7. The smallest absolute Gasteiger partial charge is 0.229 e. The molecule has 3 rings (SSSR count). The Morgan fingerprint density at radius 1 is 1.23 bits per heavy atom. The van der Waals surface area contributed by atoms with Crippen molar-refractivity contribution in [1.82, 2.24) is 15.5 Å². The monoisotopic (exact) mass is 327 g/mol. The maximum Gasteiger partial charge on any atom is 0.229 e. The first kappa shape index (κ1) is 15.9. The fourth-order valence-electron chi connectivity index (χ4n) is 3.62. The van der Waals surface area contributed by atoms with Gasteiger partial charge < -0.3 is 9.84 Å². The Labute approximate surface area is 132 Å². The average molecular weight is 327 g/mol. The summed E-state index contributed by atoms with van der Waals surface area (Å²) in [6.07, 6.45) is 4.93. The number of rotatable bonds is 4. The molecule has 0 bridgehead atoms. The lowest BCUT2D eigenvalue weighted by molar-refractivity contribution is 0.264. The lowest BCUT2D eigenvalue weighted by atomic mass is 9.85. The van der Waals surface area contributed by atoms with E-state index in [1.807, 2.05) is 13.8 Å². The molecule has 2 fully saturated rings. The molecule has 1 saturated heterocycles. The zero-order chi connectivity index (χ0) is 15.7. The van der Waals surface area contributed by atoms with E-state index in [9.17, 15) is 8.42 Å². The predicted octanol–water partition coefficient (Wildman–Crippen LogP) is 1.68. The van der Waals surface area contributed by atoms with Gasteiger partial charge in [0.1, 0.15) is 0 Å². The van der Waals surface area contributed by atoms with Crippen LogP contribution in [0.2, 0.25) is 0 Å². The second-order valence-corrected chi connectivity index (χ2v) is 8.93. The summed E-state index contributed by atoms with van der Waals surface area (Å²) in [6.45, 7) is 4.05. The van der Waals surface area contributed by atoms with Gasteiger partial charge in [0.15, 0.2) is 15.7 Å². The van der Waals surface area contributed by atoms with Crippen molar-refractivity contribution in [2.75, 3.05) is 11.5 Å². The fraction of sp³-hybridized carbons (Fsp3) is 0.867. The molecule has 22 heavy (non-hydrogen) atoms. The van der Waals surface area contributed by atoms with Crippen LogP contribution in [0.1, 0.15) is 57.2 Å². The van der Waals surface area contributed by atoms with Crippen LogP contribution in [0, 0.1) is 5.92 Å². The lowest BCUT2D eigenvalue weighted by Crippen LogP contribution is -2.43. The SMILES string of the molecule is CCc1noc(C2CCC(N[C@@H]3CS(=O)(=O)C[C@@H]3C)CC2)n1. The number of aromatic nitrogens is 2. The first-order valence-electron chi connectivity index (χ1n) is 8.26. The normalized spacial score (nSPS) is 34.8. The third kappa shape index (κ3) is 3.51. The van der Waals surface area contributed by atoms with Gasteiger partial charge in [0.25, 0.3) is 0 Å². The summed E-state index contributed by atoms with van der Waals surface area (Å²) in [5.74, 6) is 2.73. The van der Waals surface area contributed by atoms with Crippen molar-refractivity contribution in [1.29, 1.82) is 0 Å². The topological polar surface area (TPSA) is 85.1 Å². The molecule has 2 heterocycles. The number of nitrogens with one attached hydrogen (secondary N) is 1. The van der Waals surface area contributed by atoms with Crippen LogP contribution in [0.25, 0.3) is 0 Å². The van der Waals surface area contributed by atoms with E-state index in [0.717, 1.165) is 43.8 Å². The van der Waals surface area contributed by atoms with Gasteiger partial charge >= 0.3 is 0 Å². The summed E-state index contributed by atoms with van der Waals surface area (Å²) >= 11 is 0. The first-order chi connectivity index (χ1) is 10.5. The van der Waals surface area contributed by atoms with Crippen LogP contribution >= 0.6 is 0 Å². The molecule has 2 atom stereocenters. The highest BCUT2D eigenvalue weighted by molar-refractivity contribution is 7.91. The van der Waals surface area contributed by atoms with Crippen LogP contribution in [0.4, 0.5) is 0 Å². The Hall–Kier alpha value is -0.950. The highest BCUT2D eigenvalue weighted by Gasteiger charge is 2.36. The Bertz CT molecular complexity index is 605. The molecular formula is C15H25N3O3S. The summed E-state index contributed by atoms with van der Waals surface area (Å²) < 4.78 is 28.7. The van der Waals surface area contributed by atoms with Crippen molar-refractivity contribution in [3.05, 3.63) is 11.7 Å². The molecule has 0 amide bonds. The van der Waals surface area contributed by atoms with E-state index in [1.165, 1.54) is 0 Å². The standard InChI is InChI=1S/C15H25N3O3S/c1-3-14-17-15(21-18-14)11-4-6-12(7-5-11)16-13-9-22(19,20)8-10(13)2/h10-13,16H,3-9H2,1-2H3/t10-,11?,12?,13+/m0/s1. The average Bonchev–Trinajstić information content (AvgIpc) is 3.04. The van der Waals surface area contributed by atoms with Crippen molar-refractivity contribution < 1.29 is 12.9 Å². The third-order valence-corrected chi connectivity index (χ3v) is 6.86. The molecule has 0 radical (unpaired) electrons. The van der Waals surface area contributed by atoms with Crippen molar-refractivity contribution >= 4 is 9.84 Å². The van der Waals surface area contributed by atoms with Crippen molar-refractivity contribution in [3.8, 4) is 0 Å². The zero-order valence-corrected chi connectivity index (χ0v) is 14.1. The maximum absolute atomic E-state index is 11.7.